The highest BCUT2D eigenvalue weighted by Gasteiger charge is 2.60. The second-order valence-corrected chi connectivity index (χ2v) is 6.91. The molecule has 1 aromatic carbocycles. The molecular formula is C21H21N5O2. The normalized spacial score (nSPS) is 20.0. The van der Waals surface area contributed by atoms with Crippen molar-refractivity contribution in [3.8, 4) is 11.9 Å². The number of amides is 1. The summed E-state index contributed by atoms with van der Waals surface area (Å²) in [6.45, 7) is 6.19. The van der Waals surface area contributed by atoms with Gasteiger partial charge in [0.1, 0.15) is 17.1 Å². The fourth-order valence-corrected chi connectivity index (χ4v) is 4.20. The lowest BCUT2D eigenvalue weighted by Gasteiger charge is -2.32. The molecule has 2 aliphatic rings. The van der Waals surface area contributed by atoms with E-state index < -0.39 is 5.41 Å². The minimum absolute atomic E-state index is 0.0906. The standard InChI is InChI=1S/C21H21N5O2/c1-3-5-9-15-17-19(25-24-15)28-18(23)14(12-22)21(17)13-8-6-7-10-16(13)26(11-4-2)20(21)27/h4,6-8,10H,2-3,5,9,11,23H2,1H3,(H,24,25). The first-order valence-corrected chi connectivity index (χ1v) is 9.29. The number of aromatic nitrogens is 2. The quantitative estimate of drug-likeness (QED) is 0.781. The molecule has 1 amide bonds. The van der Waals surface area contributed by atoms with Gasteiger partial charge in [-0.15, -0.1) is 11.7 Å². The summed E-state index contributed by atoms with van der Waals surface area (Å²) in [5, 5.41) is 17.3. The van der Waals surface area contributed by atoms with Crippen molar-refractivity contribution in [3.05, 3.63) is 65.2 Å². The number of unbranched alkanes of at least 4 members (excludes halogenated alkanes) is 1. The van der Waals surface area contributed by atoms with Gasteiger partial charge in [0.15, 0.2) is 0 Å². The summed E-state index contributed by atoms with van der Waals surface area (Å²) in [6.07, 6.45) is 4.26. The number of nitrogens with one attached hydrogen (secondary N) is 1. The topological polar surface area (TPSA) is 108 Å². The Morgan fingerprint density at radius 3 is 2.96 bits per heavy atom. The number of aromatic amines is 1. The van der Waals surface area contributed by atoms with Gasteiger partial charge in [-0.25, -0.2) is 0 Å². The second kappa shape index (κ2) is 6.57. The van der Waals surface area contributed by atoms with Gasteiger partial charge in [-0.05, 0) is 18.9 Å². The molecule has 3 heterocycles. The molecule has 0 bridgehead atoms. The Bertz CT molecular complexity index is 1050. The number of hydrogen-bond donors (Lipinski definition) is 2. The Kier molecular flexibility index (Phi) is 4.19. The zero-order valence-electron chi connectivity index (χ0n) is 15.7. The number of fused-ring (bicyclic) bond motifs is 4. The van der Waals surface area contributed by atoms with Crippen molar-refractivity contribution < 1.29 is 9.53 Å². The first-order valence-electron chi connectivity index (χ1n) is 9.29. The highest BCUT2D eigenvalue weighted by molar-refractivity contribution is 6.14. The van der Waals surface area contributed by atoms with Crippen LogP contribution < -0.4 is 15.4 Å². The Morgan fingerprint density at radius 2 is 2.25 bits per heavy atom. The molecule has 3 N–H and O–H groups in total. The lowest BCUT2D eigenvalue weighted by molar-refractivity contribution is -0.120. The van der Waals surface area contributed by atoms with Crippen LogP contribution in [0, 0.1) is 11.3 Å². The average molecular weight is 375 g/mol. The summed E-state index contributed by atoms with van der Waals surface area (Å²) in [7, 11) is 0. The van der Waals surface area contributed by atoms with Crippen LogP contribution in [0.4, 0.5) is 5.69 Å². The van der Waals surface area contributed by atoms with Gasteiger partial charge < -0.3 is 15.4 Å². The molecule has 0 fully saturated rings. The first-order chi connectivity index (χ1) is 13.6. The molecule has 0 aliphatic carbocycles. The molecule has 1 aromatic heterocycles. The highest BCUT2D eigenvalue weighted by atomic mass is 16.5. The van der Waals surface area contributed by atoms with E-state index in [-0.39, 0.29) is 23.2 Å². The lowest BCUT2D eigenvalue weighted by Crippen LogP contribution is -2.46. The fraction of sp³-hybridized carbons (Fsp3) is 0.286. The van der Waals surface area contributed by atoms with Crippen LogP contribution in [-0.2, 0) is 16.6 Å². The van der Waals surface area contributed by atoms with Crippen molar-refractivity contribution in [2.24, 2.45) is 5.73 Å². The molecule has 28 heavy (non-hydrogen) atoms. The van der Waals surface area contributed by atoms with Gasteiger partial charge in [-0.2, -0.15) is 5.26 Å². The van der Waals surface area contributed by atoms with E-state index in [4.69, 9.17) is 10.5 Å². The predicted molar refractivity (Wildman–Crippen MR) is 104 cm³/mol. The van der Waals surface area contributed by atoms with Crippen molar-refractivity contribution in [1.82, 2.24) is 10.2 Å². The van der Waals surface area contributed by atoms with Crippen LogP contribution in [0.5, 0.6) is 5.88 Å². The molecule has 142 valence electrons. The minimum Gasteiger partial charge on any atom is -0.420 e. The summed E-state index contributed by atoms with van der Waals surface area (Å²) in [4.78, 5) is 15.5. The molecule has 7 nitrogen and oxygen atoms in total. The number of hydrogen-bond acceptors (Lipinski definition) is 5. The minimum atomic E-state index is -1.36. The van der Waals surface area contributed by atoms with E-state index in [1.165, 1.54) is 0 Å². The van der Waals surface area contributed by atoms with Gasteiger partial charge in [0.2, 0.25) is 17.7 Å². The van der Waals surface area contributed by atoms with Crippen molar-refractivity contribution in [2.75, 3.05) is 11.4 Å². The van der Waals surface area contributed by atoms with Crippen LogP contribution in [0.25, 0.3) is 0 Å². The molecule has 0 saturated heterocycles. The number of anilines is 1. The Labute approximate surface area is 163 Å². The van der Waals surface area contributed by atoms with Gasteiger partial charge in [0, 0.05) is 23.5 Å². The molecule has 1 spiro atoms. The van der Waals surface area contributed by atoms with E-state index in [1.54, 1.807) is 11.0 Å². The van der Waals surface area contributed by atoms with Gasteiger partial charge in [0.05, 0.1) is 5.56 Å². The zero-order chi connectivity index (χ0) is 19.9. The summed E-state index contributed by atoms with van der Waals surface area (Å²) in [5.74, 6) is -0.0739. The third kappa shape index (κ3) is 2.15. The maximum absolute atomic E-state index is 13.9. The van der Waals surface area contributed by atoms with E-state index in [1.807, 2.05) is 24.3 Å². The van der Waals surface area contributed by atoms with E-state index >= 15 is 0 Å². The lowest BCUT2D eigenvalue weighted by atomic mass is 9.68. The first kappa shape index (κ1) is 17.9. The van der Waals surface area contributed by atoms with E-state index in [0.29, 0.717) is 24.1 Å². The Morgan fingerprint density at radius 1 is 1.46 bits per heavy atom. The number of ether oxygens (including phenoxy) is 1. The third-order valence-corrected chi connectivity index (χ3v) is 5.38. The summed E-state index contributed by atoms with van der Waals surface area (Å²) in [5.41, 5.74) is 7.68. The van der Waals surface area contributed by atoms with Crippen LogP contribution in [-0.4, -0.2) is 22.6 Å². The maximum atomic E-state index is 13.9. The summed E-state index contributed by atoms with van der Waals surface area (Å²) in [6, 6.07) is 9.62. The van der Waals surface area contributed by atoms with Crippen molar-refractivity contribution in [2.45, 2.75) is 31.6 Å². The number of nitriles is 1. The van der Waals surface area contributed by atoms with Crippen LogP contribution in [0.15, 0.2) is 48.4 Å². The van der Waals surface area contributed by atoms with Crippen LogP contribution in [0.1, 0.15) is 36.6 Å². The average Bonchev–Trinajstić information content (AvgIpc) is 3.20. The van der Waals surface area contributed by atoms with Gasteiger partial charge in [0.25, 0.3) is 0 Å². The molecule has 1 unspecified atom stereocenters. The van der Waals surface area contributed by atoms with Crippen molar-refractivity contribution in [1.29, 1.82) is 5.26 Å². The Hall–Kier alpha value is -3.53. The number of carbonyl (C=O) groups is 1. The zero-order valence-corrected chi connectivity index (χ0v) is 15.7. The SMILES string of the molecule is C=CCN1C(=O)C2(C(C#N)=C(N)Oc3n[nH]c(CCCC)c32)c2ccccc21. The highest BCUT2D eigenvalue weighted by Crippen LogP contribution is 2.55. The number of nitrogens with zero attached hydrogens (tertiary/aromatic N) is 3. The number of rotatable bonds is 5. The molecule has 2 aliphatic heterocycles. The molecular weight excluding hydrogens is 354 g/mol. The monoisotopic (exact) mass is 375 g/mol. The number of carbonyl (C=O) groups excluding carboxylic acids is 1. The van der Waals surface area contributed by atoms with Crippen molar-refractivity contribution in [3.63, 3.8) is 0 Å². The number of benzene rings is 1. The molecule has 0 saturated carbocycles. The Balaban J connectivity index is 2.07. The van der Waals surface area contributed by atoms with Gasteiger partial charge in [-0.3, -0.25) is 9.89 Å². The molecule has 4 rings (SSSR count). The van der Waals surface area contributed by atoms with E-state index in [0.717, 1.165) is 24.2 Å². The van der Waals surface area contributed by atoms with Crippen LogP contribution >= 0.6 is 0 Å². The number of H-pyrrole nitrogens is 1. The molecule has 2 aromatic rings. The van der Waals surface area contributed by atoms with Crippen molar-refractivity contribution >= 4 is 11.6 Å². The molecule has 0 radical (unpaired) electrons. The molecule has 7 heteroatoms. The summed E-state index contributed by atoms with van der Waals surface area (Å²) < 4.78 is 5.64. The van der Waals surface area contributed by atoms with Gasteiger partial charge in [-0.1, -0.05) is 37.6 Å². The summed E-state index contributed by atoms with van der Waals surface area (Å²) >= 11 is 0. The fourth-order valence-electron chi connectivity index (χ4n) is 4.20. The predicted octanol–water partition coefficient (Wildman–Crippen LogP) is 2.66. The van der Waals surface area contributed by atoms with Crippen LogP contribution in [0.3, 0.4) is 0 Å². The number of nitrogens with two attached hydrogens (primary N) is 1. The smallest absolute Gasteiger partial charge is 0.248 e. The second-order valence-electron chi connectivity index (χ2n) is 6.91. The van der Waals surface area contributed by atoms with E-state index in [9.17, 15) is 10.1 Å². The molecule has 1 atom stereocenters. The van der Waals surface area contributed by atoms with E-state index in [2.05, 4.69) is 29.8 Å². The maximum Gasteiger partial charge on any atom is 0.248 e. The number of para-hydroxylation sites is 1. The number of aryl methyl sites for hydroxylation is 1. The largest absolute Gasteiger partial charge is 0.420 e. The third-order valence-electron chi connectivity index (χ3n) is 5.38. The van der Waals surface area contributed by atoms with Gasteiger partial charge >= 0.3 is 0 Å². The van der Waals surface area contributed by atoms with Crippen LogP contribution in [0.2, 0.25) is 0 Å².